The highest BCUT2D eigenvalue weighted by Crippen LogP contribution is 2.25. The molecule has 0 radical (unpaired) electrons. The van der Waals surface area contributed by atoms with Crippen LogP contribution < -0.4 is 10.5 Å². The van der Waals surface area contributed by atoms with E-state index in [-0.39, 0.29) is 17.3 Å². The second-order valence-electron chi connectivity index (χ2n) is 3.71. The van der Waals surface area contributed by atoms with Crippen molar-refractivity contribution in [3.63, 3.8) is 0 Å². The van der Waals surface area contributed by atoms with E-state index in [9.17, 15) is 10.1 Å². The van der Waals surface area contributed by atoms with E-state index >= 15 is 0 Å². The van der Waals surface area contributed by atoms with Crippen LogP contribution in [0.25, 0.3) is 0 Å². The van der Waals surface area contributed by atoms with Gasteiger partial charge >= 0.3 is 0 Å². The topological polar surface area (TPSA) is 124 Å². The van der Waals surface area contributed by atoms with Crippen molar-refractivity contribution in [1.82, 2.24) is 4.98 Å². The van der Waals surface area contributed by atoms with Crippen LogP contribution in [0.3, 0.4) is 0 Å². The van der Waals surface area contributed by atoms with Crippen LogP contribution >= 0.6 is 0 Å². The van der Waals surface area contributed by atoms with Crippen molar-refractivity contribution in [2.24, 2.45) is 10.9 Å². The van der Waals surface area contributed by atoms with Gasteiger partial charge in [-0.15, -0.1) is 0 Å². The molecule has 0 aliphatic rings. The standard InChI is InChI=1S/C12H10N4O4/c13-12(15-17)10-5-6-14-7-11(10)20-9-3-1-8(2-4-9)16(18)19/h1-7,17H,(H2,13,15). The molecule has 0 unspecified atom stereocenters. The molecule has 3 N–H and O–H groups in total. The molecule has 8 nitrogen and oxygen atoms in total. The average Bonchev–Trinajstić information content (AvgIpc) is 2.47. The number of aromatic nitrogens is 1. The summed E-state index contributed by atoms with van der Waals surface area (Å²) in [7, 11) is 0. The third kappa shape index (κ3) is 2.80. The number of oxime groups is 1. The van der Waals surface area contributed by atoms with Crippen LogP contribution in [-0.4, -0.2) is 21.0 Å². The Bertz CT molecular complexity index is 655. The lowest BCUT2D eigenvalue weighted by atomic mass is 10.2. The number of amidine groups is 1. The van der Waals surface area contributed by atoms with Crippen molar-refractivity contribution in [3.05, 3.63) is 58.4 Å². The molecule has 2 rings (SSSR count). The SMILES string of the molecule is N/C(=N/O)c1ccncc1Oc1ccc([N+](=O)[O-])cc1. The number of nitro groups is 1. The lowest BCUT2D eigenvalue weighted by Gasteiger charge is -2.09. The van der Waals surface area contributed by atoms with Gasteiger partial charge in [-0.1, -0.05) is 5.16 Å². The zero-order chi connectivity index (χ0) is 14.5. The Morgan fingerprint density at radius 1 is 1.35 bits per heavy atom. The van der Waals surface area contributed by atoms with Crippen LogP contribution in [0, 0.1) is 10.1 Å². The number of ether oxygens (including phenoxy) is 1. The van der Waals surface area contributed by atoms with Crippen molar-refractivity contribution in [3.8, 4) is 11.5 Å². The molecule has 0 saturated carbocycles. The number of nitrogens with zero attached hydrogens (tertiary/aromatic N) is 3. The first-order chi connectivity index (χ1) is 9.61. The molecule has 0 aliphatic heterocycles. The van der Waals surface area contributed by atoms with E-state index in [4.69, 9.17) is 15.7 Å². The molecule has 1 aromatic heterocycles. The number of hydrogen-bond donors (Lipinski definition) is 2. The first-order valence-corrected chi connectivity index (χ1v) is 5.46. The minimum absolute atomic E-state index is 0.0415. The number of benzene rings is 1. The average molecular weight is 274 g/mol. The van der Waals surface area contributed by atoms with Gasteiger partial charge in [-0.3, -0.25) is 15.1 Å². The summed E-state index contributed by atoms with van der Waals surface area (Å²) in [4.78, 5) is 13.9. The Hall–Kier alpha value is -3.16. The Balaban J connectivity index is 2.28. The van der Waals surface area contributed by atoms with E-state index in [2.05, 4.69) is 10.1 Å². The fourth-order valence-corrected chi connectivity index (χ4v) is 1.49. The maximum absolute atomic E-state index is 10.5. The van der Waals surface area contributed by atoms with Gasteiger partial charge in [-0.25, -0.2) is 0 Å². The number of hydrogen-bond acceptors (Lipinski definition) is 6. The summed E-state index contributed by atoms with van der Waals surface area (Å²) in [6.07, 6.45) is 2.87. The largest absolute Gasteiger partial charge is 0.455 e. The zero-order valence-corrected chi connectivity index (χ0v) is 10.1. The highest BCUT2D eigenvalue weighted by Gasteiger charge is 2.10. The van der Waals surface area contributed by atoms with Gasteiger partial charge in [0.1, 0.15) is 5.75 Å². The van der Waals surface area contributed by atoms with Crippen LogP contribution in [-0.2, 0) is 0 Å². The predicted octanol–water partition coefficient (Wildman–Crippen LogP) is 1.88. The fourth-order valence-electron chi connectivity index (χ4n) is 1.49. The normalized spacial score (nSPS) is 11.1. The third-order valence-corrected chi connectivity index (χ3v) is 2.44. The van der Waals surface area contributed by atoms with Crippen LogP contribution in [0.2, 0.25) is 0 Å². The molecular weight excluding hydrogens is 264 g/mol. The monoisotopic (exact) mass is 274 g/mol. The molecule has 2 aromatic rings. The van der Waals surface area contributed by atoms with E-state index in [1.165, 1.54) is 42.7 Å². The molecule has 8 heteroatoms. The number of nitro benzene ring substituents is 1. The van der Waals surface area contributed by atoms with Gasteiger partial charge in [0, 0.05) is 18.3 Å². The summed E-state index contributed by atoms with van der Waals surface area (Å²) in [6.45, 7) is 0. The van der Waals surface area contributed by atoms with Gasteiger partial charge in [0.25, 0.3) is 5.69 Å². The van der Waals surface area contributed by atoms with Gasteiger partial charge < -0.3 is 15.7 Å². The molecule has 0 saturated heterocycles. The van der Waals surface area contributed by atoms with E-state index in [0.717, 1.165) is 0 Å². The highest BCUT2D eigenvalue weighted by molar-refractivity contribution is 5.99. The molecule has 1 heterocycles. The predicted molar refractivity (Wildman–Crippen MR) is 69.9 cm³/mol. The van der Waals surface area contributed by atoms with Crippen LogP contribution in [0.1, 0.15) is 5.56 Å². The van der Waals surface area contributed by atoms with Crippen molar-refractivity contribution in [2.75, 3.05) is 0 Å². The summed E-state index contributed by atoms with van der Waals surface area (Å²) in [6, 6.07) is 7.04. The summed E-state index contributed by atoms with van der Waals surface area (Å²) >= 11 is 0. The Morgan fingerprint density at radius 3 is 2.65 bits per heavy atom. The first-order valence-electron chi connectivity index (χ1n) is 5.46. The number of nitrogens with two attached hydrogens (primary N) is 1. The summed E-state index contributed by atoms with van der Waals surface area (Å²) < 4.78 is 5.51. The quantitative estimate of drug-likeness (QED) is 0.288. The lowest BCUT2D eigenvalue weighted by Crippen LogP contribution is -2.14. The maximum atomic E-state index is 10.5. The number of non-ortho nitro benzene ring substituents is 1. The molecule has 0 bridgehead atoms. The molecule has 0 aliphatic carbocycles. The van der Waals surface area contributed by atoms with Crippen LogP contribution in [0.15, 0.2) is 47.9 Å². The van der Waals surface area contributed by atoms with Gasteiger partial charge in [0.2, 0.25) is 0 Å². The van der Waals surface area contributed by atoms with Gasteiger partial charge in [0.15, 0.2) is 11.6 Å². The Morgan fingerprint density at radius 2 is 2.05 bits per heavy atom. The second kappa shape index (κ2) is 5.65. The van der Waals surface area contributed by atoms with Gasteiger partial charge in [-0.2, -0.15) is 0 Å². The summed E-state index contributed by atoms with van der Waals surface area (Å²) in [5, 5.41) is 22.1. The van der Waals surface area contributed by atoms with Gasteiger partial charge in [0.05, 0.1) is 16.7 Å². The van der Waals surface area contributed by atoms with E-state index in [1.807, 2.05) is 0 Å². The molecule has 20 heavy (non-hydrogen) atoms. The smallest absolute Gasteiger partial charge is 0.269 e. The van der Waals surface area contributed by atoms with Crippen LogP contribution in [0.4, 0.5) is 5.69 Å². The molecule has 0 amide bonds. The van der Waals surface area contributed by atoms with Crippen molar-refractivity contribution < 1.29 is 14.9 Å². The van der Waals surface area contributed by atoms with Crippen molar-refractivity contribution in [2.45, 2.75) is 0 Å². The van der Waals surface area contributed by atoms with E-state index < -0.39 is 4.92 Å². The molecule has 0 fully saturated rings. The Kier molecular flexibility index (Phi) is 3.75. The number of rotatable bonds is 4. The number of pyridine rings is 1. The van der Waals surface area contributed by atoms with E-state index in [0.29, 0.717) is 11.3 Å². The highest BCUT2D eigenvalue weighted by atomic mass is 16.6. The van der Waals surface area contributed by atoms with Crippen molar-refractivity contribution in [1.29, 1.82) is 0 Å². The first kappa shape index (κ1) is 13.3. The molecule has 0 atom stereocenters. The fraction of sp³-hybridized carbons (Fsp3) is 0. The zero-order valence-electron chi connectivity index (χ0n) is 10.1. The molecular formula is C12H10N4O4. The Labute approximate surface area is 113 Å². The molecule has 1 aromatic carbocycles. The summed E-state index contributed by atoms with van der Waals surface area (Å²) in [5.41, 5.74) is 5.84. The summed E-state index contributed by atoms with van der Waals surface area (Å²) in [5.74, 6) is 0.525. The molecule has 102 valence electrons. The minimum atomic E-state index is -0.504. The second-order valence-corrected chi connectivity index (χ2v) is 3.71. The minimum Gasteiger partial charge on any atom is -0.455 e. The lowest BCUT2D eigenvalue weighted by molar-refractivity contribution is -0.384. The van der Waals surface area contributed by atoms with Crippen molar-refractivity contribution >= 4 is 11.5 Å². The van der Waals surface area contributed by atoms with E-state index in [1.54, 1.807) is 0 Å². The van der Waals surface area contributed by atoms with Crippen LogP contribution in [0.5, 0.6) is 11.5 Å². The third-order valence-electron chi connectivity index (χ3n) is 2.44. The molecule has 0 spiro atoms. The van der Waals surface area contributed by atoms with Gasteiger partial charge in [-0.05, 0) is 18.2 Å². The maximum Gasteiger partial charge on any atom is 0.269 e.